The van der Waals surface area contributed by atoms with Crippen molar-refractivity contribution in [3.05, 3.63) is 29.6 Å². The number of rotatable bonds is 6. The van der Waals surface area contributed by atoms with Crippen LogP contribution in [-0.2, 0) is 16.6 Å². The first-order valence-corrected chi connectivity index (χ1v) is 7.65. The van der Waals surface area contributed by atoms with Gasteiger partial charge in [-0.2, -0.15) is 0 Å². The second kappa shape index (κ2) is 5.85. The topological polar surface area (TPSA) is 78.4 Å². The molecule has 0 aliphatic rings. The number of benzene rings is 1. The van der Waals surface area contributed by atoms with Gasteiger partial charge in [0.15, 0.2) is 11.6 Å². The molecule has 1 rings (SSSR count). The number of nitrogens with one attached hydrogen (secondary N) is 2. The Bertz CT molecular complexity index is 544. The zero-order valence-corrected chi connectivity index (χ0v) is 12.0. The Hall–Kier alpha value is -1.18. The SMILES string of the molecule is CC(C)(CNCc1ccc(O)c(F)c1)NS(C)(=O)=O. The summed E-state index contributed by atoms with van der Waals surface area (Å²) >= 11 is 0. The normalized spacial score (nSPS) is 12.6. The maximum absolute atomic E-state index is 13.1. The molecular weight excluding hydrogens is 271 g/mol. The molecular formula is C12H19FN2O3S. The number of sulfonamides is 1. The van der Waals surface area contributed by atoms with E-state index in [2.05, 4.69) is 10.0 Å². The van der Waals surface area contributed by atoms with Gasteiger partial charge in [0.05, 0.1) is 6.26 Å². The van der Waals surface area contributed by atoms with Gasteiger partial charge in [0.1, 0.15) is 0 Å². The number of hydrogen-bond donors (Lipinski definition) is 3. The highest BCUT2D eigenvalue weighted by atomic mass is 32.2. The average Bonchev–Trinajstić information content (AvgIpc) is 2.19. The first kappa shape index (κ1) is 15.9. The van der Waals surface area contributed by atoms with Gasteiger partial charge in [0.2, 0.25) is 10.0 Å². The van der Waals surface area contributed by atoms with Crippen LogP contribution in [0.5, 0.6) is 5.75 Å². The molecule has 0 bridgehead atoms. The monoisotopic (exact) mass is 290 g/mol. The van der Waals surface area contributed by atoms with E-state index < -0.39 is 21.4 Å². The fourth-order valence-electron chi connectivity index (χ4n) is 1.72. The van der Waals surface area contributed by atoms with Crippen molar-refractivity contribution in [2.75, 3.05) is 12.8 Å². The van der Waals surface area contributed by atoms with Gasteiger partial charge in [0.25, 0.3) is 0 Å². The molecule has 1 aromatic carbocycles. The van der Waals surface area contributed by atoms with Crippen molar-refractivity contribution >= 4 is 10.0 Å². The summed E-state index contributed by atoms with van der Waals surface area (Å²) in [4.78, 5) is 0. The molecule has 0 unspecified atom stereocenters. The molecule has 0 amide bonds. The lowest BCUT2D eigenvalue weighted by atomic mass is 10.1. The molecule has 19 heavy (non-hydrogen) atoms. The lowest BCUT2D eigenvalue weighted by molar-refractivity contribution is 0.418. The zero-order valence-electron chi connectivity index (χ0n) is 11.2. The molecule has 0 atom stereocenters. The van der Waals surface area contributed by atoms with Crippen LogP contribution in [0.2, 0.25) is 0 Å². The van der Waals surface area contributed by atoms with Gasteiger partial charge < -0.3 is 10.4 Å². The van der Waals surface area contributed by atoms with E-state index in [1.165, 1.54) is 12.1 Å². The van der Waals surface area contributed by atoms with Crippen molar-refractivity contribution in [2.24, 2.45) is 0 Å². The Morgan fingerprint density at radius 1 is 1.37 bits per heavy atom. The van der Waals surface area contributed by atoms with Crippen molar-refractivity contribution in [3.63, 3.8) is 0 Å². The number of hydrogen-bond acceptors (Lipinski definition) is 4. The summed E-state index contributed by atoms with van der Waals surface area (Å²) in [7, 11) is -3.27. The number of phenolic OH excluding ortho intramolecular Hbond substituents is 1. The minimum Gasteiger partial charge on any atom is -0.505 e. The molecule has 0 fully saturated rings. The van der Waals surface area contributed by atoms with Crippen molar-refractivity contribution in [3.8, 4) is 5.75 Å². The summed E-state index contributed by atoms with van der Waals surface area (Å²) in [6.45, 7) is 4.27. The second-order valence-electron chi connectivity index (χ2n) is 5.15. The van der Waals surface area contributed by atoms with Crippen LogP contribution < -0.4 is 10.0 Å². The van der Waals surface area contributed by atoms with Crippen LogP contribution in [0.4, 0.5) is 4.39 Å². The fourth-order valence-corrected chi connectivity index (χ4v) is 2.79. The fraction of sp³-hybridized carbons (Fsp3) is 0.500. The predicted octanol–water partition coefficient (Wildman–Crippen LogP) is 0.949. The maximum atomic E-state index is 13.1. The van der Waals surface area contributed by atoms with E-state index in [0.29, 0.717) is 18.7 Å². The van der Waals surface area contributed by atoms with E-state index in [-0.39, 0.29) is 5.75 Å². The molecule has 0 aliphatic heterocycles. The average molecular weight is 290 g/mol. The Labute approximate surface area is 112 Å². The Morgan fingerprint density at radius 3 is 2.53 bits per heavy atom. The van der Waals surface area contributed by atoms with Crippen molar-refractivity contribution < 1.29 is 17.9 Å². The van der Waals surface area contributed by atoms with Gasteiger partial charge in [-0.15, -0.1) is 0 Å². The Morgan fingerprint density at radius 2 is 2.00 bits per heavy atom. The highest BCUT2D eigenvalue weighted by Crippen LogP contribution is 2.16. The molecule has 7 heteroatoms. The van der Waals surface area contributed by atoms with Gasteiger partial charge in [-0.25, -0.2) is 17.5 Å². The molecule has 5 nitrogen and oxygen atoms in total. The molecule has 0 aromatic heterocycles. The molecule has 108 valence electrons. The summed E-state index contributed by atoms with van der Waals surface area (Å²) in [5.41, 5.74) is 0.0359. The second-order valence-corrected chi connectivity index (χ2v) is 6.90. The van der Waals surface area contributed by atoms with Crippen LogP contribution in [0.3, 0.4) is 0 Å². The quantitative estimate of drug-likeness (QED) is 0.729. The minimum atomic E-state index is -3.27. The standard InChI is InChI=1S/C12H19FN2O3S/c1-12(2,15-19(3,17)18)8-14-7-9-4-5-11(16)10(13)6-9/h4-6,14-16H,7-8H2,1-3H3. The zero-order chi connectivity index (χ0) is 14.7. The molecule has 0 saturated carbocycles. The van der Waals surface area contributed by atoms with E-state index in [1.54, 1.807) is 19.9 Å². The summed E-state index contributed by atoms with van der Waals surface area (Å²) in [6, 6.07) is 4.12. The van der Waals surface area contributed by atoms with E-state index in [0.717, 1.165) is 6.26 Å². The van der Waals surface area contributed by atoms with Gasteiger partial charge in [-0.05, 0) is 31.5 Å². The summed E-state index contributed by atoms with van der Waals surface area (Å²) in [6.07, 6.45) is 1.10. The summed E-state index contributed by atoms with van der Waals surface area (Å²) in [5.74, 6) is -1.06. The van der Waals surface area contributed by atoms with Gasteiger partial charge in [-0.3, -0.25) is 0 Å². The van der Waals surface area contributed by atoms with Crippen LogP contribution in [0.15, 0.2) is 18.2 Å². The molecule has 0 saturated heterocycles. The van der Waals surface area contributed by atoms with E-state index in [4.69, 9.17) is 5.11 Å². The van der Waals surface area contributed by atoms with Gasteiger partial charge in [-0.1, -0.05) is 6.07 Å². The first-order chi connectivity index (χ1) is 8.59. The molecule has 1 aromatic rings. The lowest BCUT2D eigenvalue weighted by Gasteiger charge is -2.25. The van der Waals surface area contributed by atoms with Gasteiger partial charge >= 0.3 is 0 Å². The van der Waals surface area contributed by atoms with Crippen LogP contribution >= 0.6 is 0 Å². The van der Waals surface area contributed by atoms with E-state index in [9.17, 15) is 12.8 Å². The Kier molecular flexibility index (Phi) is 4.89. The van der Waals surface area contributed by atoms with E-state index >= 15 is 0 Å². The van der Waals surface area contributed by atoms with E-state index in [1.807, 2.05) is 0 Å². The predicted molar refractivity (Wildman–Crippen MR) is 71.8 cm³/mol. The van der Waals surface area contributed by atoms with Crippen LogP contribution in [-0.4, -0.2) is 31.9 Å². The van der Waals surface area contributed by atoms with Gasteiger partial charge in [0, 0.05) is 18.6 Å². The van der Waals surface area contributed by atoms with Crippen molar-refractivity contribution in [1.29, 1.82) is 0 Å². The number of phenols is 1. The summed E-state index contributed by atoms with van der Waals surface area (Å²) in [5, 5.41) is 12.1. The molecule has 0 radical (unpaired) electrons. The molecule has 3 N–H and O–H groups in total. The highest BCUT2D eigenvalue weighted by molar-refractivity contribution is 7.88. The summed E-state index contributed by atoms with van der Waals surface area (Å²) < 4.78 is 37.9. The third-order valence-electron chi connectivity index (χ3n) is 2.37. The Balaban J connectivity index is 2.51. The molecule has 0 spiro atoms. The molecule has 0 heterocycles. The van der Waals surface area contributed by atoms with Crippen LogP contribution in [0, 0.1) is 5.82 Å². The largest absolute Gasteiger partial charge is 0.505 e. The van der Waals surface area contributed by atoms with Crippen LogP contribution in [0.25, 0.3) is 0 Å². The third kappa shape index (κ3) is 6.00. The molecule has 0 aliphatic carbocycles. The highest BCUT2D eigenvalue weighted by Gasteiger charge is 2.21. The lowest BCUT2D eigenvalue weighted by Crippen LogP contribution is -2.49. The third-order valence-corrected chi connectivity index (χ3v) is 3.29. The maximum Gasteiger partial charge on any atom is 0.209 e. The minimum absolute atomic E-state index is 0.381. The van der Waals surface area contributed by atoms with Crippen molar-refractivity contribution in [2.45, 2.75) is 25.9 Å². The smallest absolute Gasteiger partial charge is 0.209 e. The van der Waals surface area contributed by atoms with Crippen LogP contribution in [0.1, 0.15) is 19.4 Å². The van der Waals surface area contributed by atoms with Crippen molar-refractivity contribution in [1.82, 2.24) is 10.0 Å². The number of halogens is 1. The number of aromatic hydroxyl groups is 1. The first-order valence-electron chi connectivity index (χ1n) is 5.76.